The van der Waals surface area contributed by atoms with E-state index in [0.29, 0.717) is 5.69 Å². The Balaban J connectivity index is 2.45. The van der Waals surface area contributed by atoms with Crippen LogP contribution in [-0.4, -0.2) is 21.9 Å². The molecule has 2 rings (SSSR count). The van der Waals surface area contributed by atoms with Gasteiger partial charge in [-0.15, -0.1) is 0 Å². The summed E-state index contributed by atoms with van der Waals surface area (Å²) in [5, 5.41) is 16.8. The Hall–Kier alpha value is -2.22. The van der Waals surface area contributed by atoms with Gasteiger partial charge in [0.15, 0.2) is 0 Å². The second-order valence-corrected chi connectivity index (χ2v) is 4.98. The summed E-state index contributed by atoms with van der Waals surface area (Å²) in [6.07, 6.45) is 1.27. The molecule has 20 heavy (non-hydrogen) atoms. The molecule has 2 N–H and O–H groups in total. The molecular formula is C12H12BrN5O2. The van der Waals surface area contributed by atoms with Crippen LogP contribution in [0.5, 0.6) is 0 Å². The number of nitrogens with zero attached hydrogens (tertiary/aromatic N) is 3. The van der Waals surface area contributed by atoms with Crippen molar-refractivity contribution >= 4 is 38.9 Å². The lowest BCUT2D eigenvalue weighted by Gasteiger charge is -2.09. The van der Waals surface area contributed by atoms with Crippen molar-refractivity contribution in [2.24, 2.45) is 0 Å². The highest BCUT2D eigenvalue weighted by Gasteiger charge is 2.22. The summed E-state index contributed by atoms with van der Waals surface area (Å²) in [6, 6.07) is 5.63. The fraction of sp³-hybridized carbons (Fsp3) is 0.167. The molecule has 104 valence electrons. The molecule has 0 atom stereocenters. The maximum absolute atomic E-state index is 11.2. The summed E-state index contributed by atoms with van der Waals surface area (Å²) >= 11 is 3.38. The van der Waals surface area contributed by atoms with Crippen molar-refractivity contribution < 1.29 is 4.92 Å². The molecule has 0 aliphatic carbocycles. The number of nitrogens with one attached hydrogen (secondary N) is 2. The lowest BCUT2D eigenvalue weighted by molar-refractivity contribution is -0.383. The number of rotatable bonds is 4. The van der Waals surface area contributed by atoms with Crippen LogP contribution in [0.1, 0.15) is 5.56 Å². The molecule has 0 fully saturated rings. The van der Waals surface area contributed by atoms with Crippen molar-refractivity contribution in [3.63, 3.8) is 0 Å². The van der Waals surface area contributed by atoms with Gasteiger partial charge in [-0.25, -0.2) is 9.97 Å². The predicted octanol–water partition coefficient (Wildman–Crippen LogP) is 3.24. The number of aryl methyl sites for hydroxylation is 1. The van der Waals surface area contributed by atoms with E-state index in [-0.39, 0.29) is 17.3 Å². The maximum atomic E-state index is 11.2. The number of hydrogen-bond donors (Lipinski definition) is 2. The van der Waals surface area contributed by atoms with Gasteiger partial charge in [-0.2, -0.15) is 0 Å². The molecule has 1 heterocycles. The van der Waals surface area contributed by atoms with E-state index in [1.54, 1.807) is 7.05 Å². The van der Waals surface area contributed by atoms with Crippen molar-refractivity contribution in [1.29, 1.82) is 0 Å². The quantitative estimate of drug-likeness (QED) is 0.657. The first-order valence-corrected chi connectivity index (χ1v) is 6.52. The van der Waals surface area contributed by atoms with Gasteiger partial charge < -0.3 is 10.6 Å². The third-order valence-electron chi connectivity index (χ3n) is 2.55. The van der Waals surface area contributed by atoms with Crippen LogP contribution in [0.2, 0.25) is 0 Å². The van der Waals surface area contributed by atoms with Crippen LogP contribution in [0.4, 0.5) is 23.0 Å². The summed E-state index contributed by atoms with van der Waals surface area (Å²) in [7, 11) is 1.57. The van der Waals surface area contributed by atoms with E-state index >= 15 is 0 Å². The molecule has 0 aliphatic heterocycles. The van der Waals surface area contributed by atoms with Crippen molar-refractivity contribution in [1.82, 2.24) is 9.97 Å². The first-order valence-electron chi connectivity index (χ1n) is 5.72. The zero-order valence-corrected chi connectivity index (χ0v) is 12.4. The first-order chi connectivity index (χ1) is 9.51. The molecule has 0 saturated heterocycles. The minimum atomic E-state index is -0.515. The molecule has 1 aromatic carbocycles. The van der Waals surface area contributed by atoms with Gasteiger partial charge >= 0.3 is 5.69 Å². The molecule has 0 aliphatic rings. The summed E-state index contributed by atoms with van der Waals surface area (Å²) in [5.41, 5.74) is 1.54. The lowest BCUT2D eigenvalue weighted by atomic mass is 10.2. The predicted molar refractivity (Wildman–Crippen MR) is 80.4 cm³/mol. The smallest absolute Gasteiger partial charge is 0.353 e. The van der Waals surface area contributed by atoms with E-state index in [2.05, 4.69) is 36.5 Å². The van der Waals surface area contributed by atoms with Crippen LogP contribution in [0.25, 0.3) is 0 Å². The molecular weight excluding hydrogens is 326 g/mol. The van der Waals surface area contributed by atoms with Crippen LogP contribution >= 0.6 is 15.9 Å². The molecule has 1 aromatic heterocycles. The molecule has 7 nitrogen and oxygen atoms in total. The average molecular weight is 338 g/mol. The largest absolute Gasteiger partial charge is 0.367 e. The van der Waals surface area contributed by atoms with Gasteiger partial charge in [-0.05, 0) is 30.7 Å². The Labute approximate surface area is 123 Å². The highest BCUT2D eigenvalue weighted by molar-refractivity contribution is 9.10. The minimum Gasteiger partial charge on any atom is -0.367 e. The number of anilines is 3. The topological polar surface area (TPSA) is 93.0 Å². The zero-order valence-electron chi connectivity index (χ0n) is 10.8. The maximum Gasteiger partial charge on any atom is 0.353 e. The SMILES string of the molecule is CNc1ncnc(Nc2cc(C)cc(Br)c2)c1[N+](=O)[O-]. The number of nitro groups is 1. The van der Waals surface area contributed by atoms with Crippen LogP contribution in [0, 0.1) is 17.0 Å². The number of hydrogen-bond acceptors (Lipinski definition) is 6. The highest BCUT2D eigenvalue weighted by Crippen LogP contribution is 2.31. The van der Waals surface area contributed by atoms with Gasteiger partial charge in [0, 0.05) is 17.2 Å². The van der Waals surface area contributed by atoms with Gasteiger partial charge in [0.25, 0.3) is 0 Å². The van der Waals surface area contributed by atoms with Crippen molar-refractivity contribution in [2.75, 3.05) is 17.7 Å². The first kappa shape index (κ1) is 14.2. The Bertz CT molecular complexity index is 642. The molecule has 2 aromatic rings. The second kappa shape index (κ2) is 5.83. The standard InChI is InChI=1S/C12H12BrN5O2/c1-7-3-8(13)5-9(4-7)17-12-10(18(19)20)11(14-2)15-6-16-12/h3-6H,1-2H3,(H2,14,15,16,17). The average Bonchev–Trinajstić information content (AvgIpc) is 2.36. The van der Waals surface area contributed by atoms with Gasteiger partial charge in [-0.3, -0.25) is 10.1 Å². The number of benzene rings is 1. The van der Waals surface area contributed by atoms with Crippen molar-refractivity contribution in [3.8, 4) is 0 Å². The Morgan fingerprint density at radius 2 is 1.95 bits per heavy atom. The third kappa shape index (κ3) is 3.02. The lowest BCUT2D eigenvalue weighted by Crippen LogP contribution is -2.05. The Morgan fingerprint density at radius 1 is 1.25 bits per heavy atom. The molecule has 0 bridgehead atoms. The van der Waals surface area contributed by atoms with Crippen molar-refractivity contribution in [3.05, 3.63) is 44.7 Å². The fourth-order valence-corrected chi connectivity index (χ4v) is 2.38. The van der Waals surface area contributed by atoms with Crippen LogP contribution < -0.4 is 10.6 Å². The van der Waals surface area contributed by atoms with E-state index in [4.69, 9.17) is 0 Å². The van der Waals surface area contributed by atoms with E-state index in [0.717, 1.165) is 10.0 Å². The molecule has 0 saturated carbocycles. The van der Waals surface area contributed by atoms with E-state index < -0.39 is 4.92 Å². The fourth-order valence-electron chi connectivity index (χ4n) is 1.77. The van der Waals surface area contributed by atoms with Gasteiger partial charge in [-0.1, -0.05) is 15.9 Å². The van der Waals surface area contributed by atoms with Crippen LogP contribution in [-0.2, 0) is 0 Å². The normalized spacial score (nSPS) is 10.2. The third-order valence-corrected chi connectivity index (χ3v) is 3.00. The van der Waals surface area contributed by atoms with Crippen LogP contribution in [0.3, 0.4) is 0 Å². The summed E-state index contributed by atoms with van der Waals surface area (Å²) in [4.78, 5) is 18.4. The van der Waals surface area contributed by atoms with Gasteiger partial charge in [0.2, 0.25) is 11.6 Å². The van der Waals surface area contributed by atoms with Crippen molar-refractivity contribution in [2.45, 2.75) is 6.92 Å². The summed E-state index contributed by atoms with van der Waals surface area (Å²) in [5.74, 6) is 0.311. The monoisotopic (exact) mass is 337 g/mol. The van der Waals surface area contributed by atoms with Gasteiger partial charge in [0.1, 0.15) is 6.33 Å². The molecule has 0 unspecified atom stereocenters. The van der Waals surface area contributed by atoms with E-state index in [9.17, 15) is 10.1 Å². The summed E-state index contributed by atoms with van der Waals surface area (Å²) in [6.45, 7) is 1.93. The Kier molecular flexibility index (Phi) is 4.14. The Morgan fingerprint density at radius 3 is 2.55 bits per heavy atom. The number of halogens is 1. The minimum absolute atomic E-state index is 0.145. The zero-order chi connectivity index (χ0) is 14.7. The second-order valence-electron chi connectivity index (χ2n) is 4.07. The molecule has 8 heteroatoms. The number of aromatic nitrogens is 2. The van der Waals surface area contributed by atoms with E-state index in [1.165, 1.54) is 6.33 Å². The van der Waals surface area contributed by atoms with E-state index in [1.807, 2.05) is 25.1 Å². The van der Waals surface area contributed by atoms with Gasteiger partial charge in [0.05, 0.1) is 4.92 Å². The van der Waals surface area contributed by atoms with Crippen LogP contribution in [0.15, 0.2) is 29.0 Å². The summed E-state index contributed by atoms with van der Waals surface area (Å²) < 4.78 is 0.880. The molecule has 0 spiro atoms. The molecule has 0 radical (unpaired) electrons. The highest BCUT2D eigenvalue weighted by atomic mass is 79.9. The molecule has 0 amide bonds.